The number of carbonyl (C=O) groups excluding carboxylic acids is 1. The molecule has 0 aliphatic rings. The van der Waals surface area contributed by atoms with E-state index in [-0.39, 0.29) is 16.3 Å². The standard InChI is InChI=1S/C8H6BrClO3/c1-13-8(12)4-2-5(9)7(11)6(10)3-4/h2-3,11H,1H3. The number of ether oxygens (including phenoxy) is 1. The monoisotopic (exact) mass is 264 g/mol. The van der Waals surface area contributed by atoms with Crippen molar-refractivity contribution in [1.82, 2.24) is 0 Å². The Bertz CT molecular complexity index is 328. The summed E-state index contributed by atoms with van der Waals surface area (Å²) in [6.07, 6.45) is 0. The minimum Gasteiger partial charge on any atom is -0.505 e. The third-order valence-electron chi connectivity index (χ3n) is 1.44. The van der Waals surface area contributed by atoms with Crippen LogP contribution >= 0.6 is 27.5 Å². The molecule has 0 saturated heterocycles. The van der Waals surface area contributed by atoms with E-state index in [0.29, 0.717) is 4.47 Å². The van der Waals surface area contributed by atoms with Gasteiger partial charge in [-0.1, -0.05) is 11.6 Å². The fourth-order valence-corrected chi connectivity index (χ4v) is 1.59. The molecule has 70 valence electrons. The van der Waals surface area contributed by atoms with Gasteiger partial charge in [-0.3, -0.25) is 0 Å². The Hall–Kier alpha value is -0.740. The molecule has 0 saturated carbocycles. The lowest BCUT2D eigenvalue weighted by molar-refractivity contribution is 0.0600. The molecule has 0 radical (unpaired) electrons. The summed E-state index contributed by atoms with van der Waals surface area (Å²) < 4.78 is 4.85. The molecule has 0 spiro atoms. The third-order valence-corrected chi connectivity index (χ3v) is 2.33. The molecule has 5 heteroatoms. The Kier molecular flexibility index (Phi) is 3.17. The number of rotatable bonds is 1. The van der Waals surface area contributed by atoms with Crippen LogP contribution in [0.5, 0.6) is 5.75 Å². The van der Waals surface area contributed by atoms with E-state index in [4.69, 9.17) is 11.6 Å². The van der Waals surface area contributed by atoms with Gasteiger partial charge in [0.2, 0.25) is 0 Å². The molecule has 0 aromatic heterocycles. The van der Waals surface area contributed by atoms with Crippen molar-refractivity contribution in [2.75, 3.05) is 7.11 Å². The Labute approximate surface area is 88.4 Å². The summed E-state index contributed by atoms with van der Waals surface area (Å²) >= 11 is 8.68. The van der Waals surface area contributed by atoms with Crippen LogP contribution in [0.1, 0.15) is 10.4 Å². The molecule has 1 rings (SSSR count). The number of benzene rings is 1. The van der Waals surface area contributed by atoms with Gasteiger partial charge in [-0.15, -0.1) is 0 Å². The predicted molar refractivity (Wildman–Crippen MR) is 52.2 cm³/mol. The molecule has 0 aliphatic carbocycles. The Morgan fingerprint density at radius 3 is 2.69 bits per heavy atom. The number of hydrogen-bond acceptors (Lipinski definition) is 3. The second-order valence-corrected chi connectivity index (χ2v) is 3.54. The first-order valence-corrected chi connectivity index (χ1v) is 4.49. The molecule has 1 N–H and O–H groups in total. The maximum absolute atomic E-state index is 11.0. The maximum Gasteiger partial charge on any atom is 0.337 e. The SMILES string of the molecule is COC(=O)c1cc(Cl)c(O)c(Br)c1. The summed E-state index contributed by atoms with van der Waals surface area (Å²) in [5.74, 6) is -0.586. The van der Waals surface area contributed by atoms with Crippen LogP contribution in [0.25, 0.3) is 0 Å². The second-order valence-electron chi connectivity index (χ2n) is 2.28. The quantitative estimate of drug-likeness (QED) is 0.794. The van der Waals surface area contributed by atoms with Crippen molar-refractivity contribution < 1.29 is 14.6 Å². The number of carbonyl (C=O) groups is 1. The van der Waals surface area contributed by atoms with E-state index in [1.165, 1.54) is 19.2 Å². The summed E-state index contributed by atoms with van der Waals surface area (Å²) in [4.78, 5) is 11.0. The van der Waals surface area contributed by atoms with Gasteiger partial charge in [0.1, 0.15) is 5.75 Å². The highest BCUT2D eigenvalue weighted by molar-refractivity contribution is 9.10. The number of esters is 1. The van der Waals surface area contributed by atoms with Gasteiger partial charge in [0.05, 0.1) is 22.2 Å². The number of phenols is 1. The van der Waals surface area contributed by atoms with Gasteiger partial charge >= 0.3 is 5.97 Å². The molecule has 0 aliphatic heterocycles. The summed E-state index contributed by atoms with van der Waals surface area (Å²) in [6, 6.07) is 2.78. The van der Waals surface area contributed by atoms with Gasteiger partial charge in [-0.05, 0) is 28.1 Å². The lowest BCUT2D eigenvalue weighted by Gasteiger charge is -2.03. The van der Waals surface area contributed by atoms with Crippen molar-refractivity contribution in [3.05, 3.63) is 27.2 Å². The van der Waals surface area contributed by atoms with Crippen LogP contribution < -0.4 is 0 Å². The fourth-order valence-electron chi connectivity index (χ4n) is 0.801. The van der Waals surface area contributed by atoms with Crippen molar-refractivity contribution >= 4 is 33.5 Å². The topological polar surface area (TPSA) is 46.5 Å². The highest BCUT2D eigenvalue weighted by Gasteiger charge is 2.11. The summed E-state index contributed by atoms with van der Waals surface area (Å²) in [6.45, 7) is 0. The second kappa shape index (κ2) is 3.98. The molecule has 0 bridgehead atoms. The zero-order valence-corrected chi connectivity index (χ0v) is 9.02. The van der Waals surface area contributed by atoms with Gasteiger partial charge in [0.15, 0.2) is 0 Å². The van der Waals surface area contributed by atoms with E-state index < -0.39 is 5.97 Å². The lowest BCUT2D eigenvalue weighted by atomic mass is 10.2. The van der Waals surface area contributed by atoms with Crippen LogP contribution in [-0.4, -0.2) is 18.2 Å². The van der Waals surface area contributed by atoms with E-state index in [1.54, 1.807) is 0 Å². The Morgan fingerprint density at radius 1 is 1.62 bits per heavy atom. The first-order chi connectivity index (χ1) is 6.06. The summed E-state index contributed by atoms with van der Waals surface area (Å²) in [7, 11) is 1.27. The predicted octanol–water partition coefficient (Wildman–Crippen LogP) is 2.59. The van der Waals surface area contributed by atoms with Crippen LogP contribution in [-0.2, 0) is 4.74 Å². The number of phenolic OH excluding ortho intramolecular Hbond substituents is 1. The minimum absolute atomic E-state index is 0.0886. The number of hydrogen-bond donors (Lipinski definition) is 1. The Morgan fingerprint density at radius 2 is 2.23 bits per heavy atom. The maximum atomic E-state index is 11.0. The van der Waals surface area contributed by atoms with Gasteiger partial charge in [0, 0.05) is 0 Å². The average Bonchev–Trinajstić information content (AvgIpc) is 2.12. The minimum atomic E-state index is -0.498. The van der Waals surface area contributed by atoms with Gasteiger partial charge in [-0.25, -0.2) is 4.79 Å². The highest BCUT2D eigenvalue weighted by atomic mass is 79.9. The van der Waals surface area contributed by atoms with Crippen LogP contribution in [0, 0.1) is 0 Å². The summed E-state index contributed by atoms with van der Waals surface area (Å²) in [5.41, 5.74) is 0.289. The van der Waals surface area contributed by atoms with Gasteiger partial charge < -0.3 is 9.84 Å². The first-order valence-electron chi connectivity index (χ1n) is 3.32. The largest absolute Gasteiger partial charge is 0.505 e. The zero-order valence-electron chi connectivity index (χ0n) is 6.67. The molecule has 1 aromatic carbocycles. The van der Waals surface area contributed by atoms with Crippen molar-refractivity contribution in [2.24, 2.45) is 0 Å². The number of halogens is 2. The van der Waals surface area contributed by atoms with Gasteiger partial charge in [0.25, 0.3) is 0 Å². The molecule has 0 heterocycles. The molecular weight excluding hydrogens is 259 g/mol. The zero-order chi connectivity index (χ0) is 10.0. The number of methoxy groups -OCH3 is 1. The van der Waals surface area contributed by atoms with E-state index in [0.717, 1.165) is 0 Å². The van der Waals surface area contributed by atoms with Crippen molar-refractivity contribution in [3.8, 4) is 5.75 Å². The fraction of sp³-hybridized carbons (Fsp3) is 0.125. The van der Waals surface area contributed by atoms with Crippen molar-refractivity contribution in [1.29, 1.82) is 0 Å². The molecular formula is C8H6BrClO3. The van der Waals surface area contributed by atoms with Crippen LogP contribution in [0.15, 0.2) is 16.6 Å². The average molecular weight is 265 g/mol. The number of aromatic hydroxyl groups is 1. The van der Waals surface area contributed by atoms with E-state index in [2.05, 4.69) is 20.7 Å². The van der Waals surface area contributed by atoms with E-state index in [9.17, 15) is 9.90 Å². The van der Waals surface area contributed by atoms with E-state index >= 15 is 0 Å². The van der Waals surface area contributed by atoms with Crippen LogP contribution in [0.3, 0.4) is 0 Å². The van der Waals surface area contributed by atoms with Crippen LogP contribution in [0.2, 0.25) is 5.02 Å². The van der Waals surface area contributed by atoms with Crippen molar-refractivity contribution in [3.63, 3.8) is 0 Å². The lowest BCUT2D eigenvalue weighted by Crippen LogP contribution is -2.00. The van der Waals surface area contributed by atoms with Crippen molar-refractivity contribution in [2.45, 2.75) is 0 Å². The van der Waals surface area contributed by atoms with Gasteiger partial charge in [-0.2, -0.15) is 0 Å². The third kappa shape index (κ3) is 2.14. The summed E-state index contributed by atoms with van der Waals surface area (Å²) in [5, 5.41) is 9.36. The normalized spacial score (nSPS) is 9.77. The first kappa shape index (κ1) is 10.3. The molecule has 0 amide bonds. The van der Waals surface area contributed by atoms with Crippen LogP contribution in [0.4, 0.5) is 0 Å². The molecule has 1 aromatic rings. The smallest absolute Gasteiger partial charge is 0.337 e. The molecule has 13 heavy (non-hydrogen) atoms. The Balaban J connectivity index is 3.20. The molecule has 0 atom stereocenters. The molecule has 0 fully saturated rings. The highest BCUT2D eigenvalue weighted by Crippen LogP contribution is 2.33. The van der Waals surface area contributed by atoms with E-state index in [1.807, 2.05) is 0 Å². The molecule has 3 nitrogen and oxygen atoms in total. The molecule has 0 unspecified atom stereocenters.